The van der Waals surface area contributed by atoms with Gasteiger partial charge in [-0.3, -0.25) is 4.79 Å². The maximum absolute atomic E-state index is 11.6. The van der Waals surface area contributed by atoms with Crippen LogP contribution in [0.2, 0.25) is 0 Å². The molecule has 1 amide bonds. The van der Waals surface area contributed by atoms with Crippen molar-refractivity contribution in [2.24, 2.45) is 5.92 Å². The van der Waals surface area contributed by atoms with Gasteiger partial charge in [-0.15, -0.1) is 0 Å². The fourth-order valence-corrected chi connectivity index (χ4v) is 2.15. The first-order chi connectivity index (χ1) is 8.11. The second kappa shape index (κ2) is 7.67. The predicted molar refractivity (Wildman–Crippen MR) is 66.7 cm³/mol. The number of aliphatic hydroxyl groups excluding tert-OH is 1. The first-order valence-electron chi connectivity index (χ1n) is 6.59. The van der Waals surface area contributed by atoms with Gasteiger partial charge in [-0.1, -0.05) is 0 Å². The van der Waals surface area contributed by atoms with Crippen molar-refractivity contribution in [2.75, 3.05) is 13.7 Å². The van der Waals surface area contributed by atoms with Gasteiger partial charge < -0.3 is 15.2 Å². The summed E-state index contributed by atoms with van der Waals surface area (Å²) in [7, 11) is 1.66. The summed E-state index contributed by atoms with van der Waals surface area (Å²) < 4.78 is 5.10. The molecule has 1 atom stereocenters. The third-order valence-corrected chi connectivity index (χ3v) is 3.58. The first kappa shape index (κ1) is 14.5. The van der Waals surface area contributed by atoms with Gasteiger partial charge in [-0.2, -0.15) is 0 Å². The molecule has 0 aromatic rings. The van der Waals surface area contributed by atoms with Crippen LogP contribution in [-0.2, 0) is 9.53 Å². The summed E-state index contributed by atoms with van der Waals surface area (Å²) in [5.41, 5.74) is 0. The molecule has 4 nitrogen and oxygen atoms in total. The normalized spacial score (nSPS) is 26.5. The Morgan fingerprint density at radius 1 is 1.41 bits per heavy atom. The van der Waals surface area contributed by atoms with Crippen LogP contribution in [0.1, 0.15) is 45.4 Å². The van der Waals surface area contributed by atoms with E-state index in [1.165, 1.54) is 0 Å². The molecule has 0 saturated heterocycles. The van der Waals surface area contributed by atoms with Crippen LogP contribution in [0.4, 0.5) is 0 Å². The van der Waals surface area contributed by atoms with Crippen LogP contribution in [0.5, 0.6) is 0 Å². The molecule has 1 aliphatic carbocycles. The highest BCUT2D eigenvalue weighted by atomic mass is 16.5. The third-order valence-electron chi connectivity index (χ3n) is 3.58. The van der Waals surface area contributed by atoms with Crippen molar-refractivity contribution >= 4 is 5.91 Å². The number of hydrogen-bond acceptors (Lipinski definition) is 3. The lowest BCUT2D eigenvalue weighted by Gasteiger charge is -2.25. The minimum Gasteiger partial charge on any atom is -0.393 e. The topological polar surface area (TPSA) is 58.6 Å². The zero-order chi connectivity index (χ0) is 12.7. The maximum Gasteiger partial charge on any atom is 0.220 e. The Balaban J connectivity index is 2.07. The molecule has 0 aliphatic heterocycles. The van der Waals surface area contributed by atoms with Crippen LogP contribution >= 0.6 is 0 Å². The lowest BCUT2D eigenvalue weighted by atomic mass is 9.87. The van der Waals surface area contributed by atoms with Crippen LogP contribution in [0.15, 0.2) is 0 Å². The standard InChI is InChI=1S/C13H25NO3/c1-10(17-2)3-8-13(16)14-9-11-4-6-12(15)7-5-11/h10-12,15H,3-9H2,1-2H3,(H,14,16). The quantitative estimate of drug-likeness (QED) is 0.742. The van der Waals surface area contributed by atoms with Gasteiger partial charge >= 0.3 is 0 Å². The molecule has 4 heteroatoms. The van der Waals surface area contributed by atoms with E-state index < -0.39 is 0 Å². The lowest BCUT2D eigenvalue weighted by molar-refractivity contribution is -0.121. The summed E-state index contributed by atoms with van der Waals surface area (Å²) in [5, 5.41) is 12.3. The Bertz CT molecular complexity index is 225. The van der Waals surface area contributed by atoms with E-state index in [-0.39, 0.29) is 18.1 Å². The van der Waals surface area contributed by atoms with E-state index in [4.69, 9.17) is 4.74 Å². The van der Waals surface area contributed by atoms with E-state index in [1.54, 1.807) is 7.11 Å². The second-order valence-corrected chi connectivity index (χ2v) is 5.06. The van der Waals surface area contributed by atoms with E-state index in [9.17, 15) is 9.90 Å². The minimum absolute atomic E-state index is 0.111. The second-order valence-electron chi connectivity index (χ2n) is 5.06. The van der Waals surface area contributed by atoms with Gasteiger partial charge in [0.05, 0.1) is 12.2 Å². The fraction of sp³-hybridized carbons (Fsp3) is 0.923. The largest absolute Gasteiger partial charge is 0.393 e. The number of carbonyl (C=O) groups excluding carboxylic acids is 1. The van der Waals surface area contributed by atoms with Crippen LogP contribution < -0.4 is 5.32 Å². The molecule has 0 aromatic carbocycles. The van der Waals surface area contributed by atoms with E-state index in [2.05, 4.69) is 5.32 Å². The molecule has 0 bridgehead atoms. The van der Waals surface area contributed by atoms with E-state index in [1.807, 2.05) is 6.92 Å². The van der Waals surface area contributed by atoms with Gasteiger partial charge in [-0.25, -0.2) is 0 Å². The SMILES string of the molecule is COC(C)CCC(=O)NCC1CCC(O)CC1. The molecule has 0 spiro atoms. The molecule has 1 fully saturated rings. The van der Waals surface area contributed by atoms with Crippen molar-refractivity contribution < 1.29 is 14.6 Å². The Hall–Kier alpha value is -0.610. The third kappa shape index (κ3) is 6.03. The highest BCUT2D eigenvalue weighted by molar-refractivity contribution is 5.75. The van der Waals surface area contributed by atoms with Gasteiger partial charge in [0, 0.05) is 20.1 Å². The first-order valence-corrected chi connectivity index (χ1v) is 6.59. The monoisotopic (exact) mass is 243 g/mol. The van der Waals surface area contributed by atoms with Gasteiger partial charge in [0.1, 0.15) is 0 Å². The van der Waals surface area contributed by atoms with E-state index in [0.29, 0.717) is 12.3 Å². The lowest BCUT2D eigenvalue weighted by Crippen LogP contribution is -2.32. The molecule has 17 heavy (non-hydrogen) atoms. The zero-order valence-electron chi connectivity index (χ0n) is 10.9. The van der Waals surface area contributed by atoms with Crippen molar-refractivity contribution in [1.29, 1.82) is 0 Å². The Morgan fingerprint density at radius 2 is 2.06 bits per heavy atom. The van der Waals surface area contributed by atoms with Crippen LogP contribution in [0.25, 0.3) is 0 Å². The summed E-state index contributed by atoms with van der Waals surface area (Å²) in [6.45, 7) is 2.72. The molecule has 0 aromatic heterocycles. The number of carbonyl (C=O) groups is 1. The number of methoxy groups -OCH3 is 1. The molecule has 0 radical (unpaired) electrons. The average molecular weight is 243 g/mol. The summed E-state index contributed by atoms with van der Waals surface area (Å²) in [4.78, 5) is 11.6. The number of ether oxygens (including phenoxy) is 1. The van der Waals surface area contributed by atoms with Crippen LogP contribution in [0.3, 0.4) is 0 Å². The Kier molecular flexibility index (Phi) is 6.52. The fourth-order valence-electron chi connectivity index (χ4n) is 2.15. The highest BCUT2D eigenvalue weighted by Gasteiger charge is 2.19. The van der Waals surface area contributed by atoms with Crippen LogP contribution in [0, 0.1) is 5.92 Å². The molecule has 1 aliphatic rings. The summed E-state index contributed by atoms with van der Waals surface area (Å²) in [6, 6.07) is 0. The van der Waals surface area contributed by atoms with Crippen molar-refractivity contribution in [3.8, 4) is 0 Å². The molecule has 1 saturated carbocycles. The molecular formula is C13H25NO3. The predicted octanol–water partition coefficient (Wildman–Crippen LogP) is 1.47. The van der Waals surface area contributed by atoms with Gasteiger partial charge in [0.15, 0.2) is 0 Å². The zero-order valence-corrected chi connectivity index (χ0v) is 10.9. The van der Waals surface area contributed by atoms with E-state index >= 15 is 0 Å². The molecule has 2 N–H and O–H groups in total. The van der Waals surface area contributed by atoms with Gasteiger partial charge in [-0.05, 0) is 44.9 Å². The average Bonchev–Trinajstić information content (AvgIpc) is 2.35. The molecular weight excluding hydrogens is 218 g/mol. The Labute approximate surface area is 104 Å². The van der Waals surface area contributed by atoms with Gasteiger partial charge in [0.25, 0.3) is 0 Å². The van der Waals surface area contributed by atoms with Crippen LogP contribution in [-0.4, -0.2) is 36.9 Å². The number of nitrogens with one attached hydrogen (secondary N) is 1. The van der Waals surface area contributed by atoms with Gasteiger partial charge in [0.2, 0.25) is 5.91 Å². The number of rotatable bonds is 6. The smallest absolute Gasteiger partial charge is 0.220 e. The summed E-state index contributed by atoms with van der Waals surface area (Å²) in [6.07, 6.45) is 5.12. The highest BCUT2D eigenvalue weighted by Crippen LogP contribution is 2.23. The van der Waals surface area contributed by atoms with E-state index in [0.717, 1.165) is 38.6 Å². The molecule has 100 valence electrons. The number of hydrogen-bond donors (Lipinski definition) is 2. The number of amides is 1. The molecule has 1 unspecified atom stereocenters. The molecule has 0 heterocycles. The molecule has 1 rings (SSSR count). The van der Waals surface area contributed by atoms with Crippen molar-refractivity contribution in [1.82, 2.24) is 5.32 Å². The number of aliphatic hydroxyl groups is 1. The summed E-state index contributed by atoms with van der Waals surface area (Å²) in [5.74, 6) is 0.655. The Morgan fingerprint density at radius 3 is 2.65 bits per heavy atom. The maximum atomic E-state index is 11.6. The van der Waals surface area contributed by atoms with Crippen molar-refractivity contribution in [3.05, 3.63) is 0 Å². The van der Waals surface area contributed by atoms with Crippen molar-refractivity contribution in [2.45, 2.75) is 57.7 Å². The van der Waals surface area contributed by atoms with Crippen molar-refractivity contribution in [3.63, 3.8) is 0 Å². The summed E-state index contributed by atoms with van der Waals surface area (Å²) >= 11 is 0. The minimum atomic E-state index is -0.121.